The number of nitrogens with two attached hydrogens (primary N) is 1. The highest BCUT2D eigenvalue weighted by Crippen LogP contribution is 2.26. The summed E-state index contributed by atoms with van der Waals surface area (Å²) < 4.78 is 41.9. The minimum absolute atomic E-state index is 0.122. The molecule has 0 aliphatic heterocycles. The summed E-state index contributed by atoms with van der Waals surface area (Å²) in [5.74, 6) is -0.888. The fourth-order valence-corrected chi connectivity index (χ4v) is 3.95. The van der Waals surface area contributed by atoms with Crippen LogP contribution >= 0.6 is 23.2 Å². The molecule has 1 amide bonds. The first-order valence-electron chi connectivity index (χ1n) is 10.6. The van der Waals surface area contributed by atoms with Crippen molar-refractivity contribution in [2.24, 2.45) is 5.73 Å². The largest absolute Gasteiger partial charge is 0.416 e. The number of aromatic nitrogens is 6. The smallest absolute Gasteiger partial charge is 0.382 e. The zero-order chi connectivity index (χ0) is 26.9. The Hall–Kier alpha value is -3.68. The number of nitrogens with zero attached hydrogens (tertiary/aromatic N) is 6. The maximum Gasteiger partial charge on any atom is 0.416 e. The Balaban J connectivity index is 1.70. The quantitative estimate of drug-likeness (QED) is 0.343. The number of aliphatic hydroxyl groups is 1. The van der Waals surface area contributed by atoms with Gasteiger partial charge in [0, 0.05) is 21.2 Å². The summed E-state index contributed by atoms with van der Waals surface area (Å²) in [7, 11) is 0. The lowest BCUT2D eigenvalue weighted by Crippen LogP contribution is -2.37. The first kappa shape index (κ1) is 26.4. The fraction of sp³-hybridized carbons (Fsp3) is 0.227. The number of carbonyl (C=O) groups excluding carboxylic acids is 1. The maximum absolute atomic E-state index is 13.0. The molecule has 0 radical (unpaired) electrons. The Morgan fingerprint density at radius 2 is 1.78 bits per heavy atom. The summed E-state index contributed by atoms with van der Waals surface area (Å²) in [6, 6.07) is 11.3. The number of benzene rings is 2. The van der Waals surface area contributed by atoms with E-state index in [4.69, 9.17) is 28.9 Å². The van der Waals surface area contributed by atoms with Gasteiger partial charge in [0.15, 0.2) is 18.0 Å². The first-order valence-corrected chi connectivity index (χ1v) is 11.3. The summed E-state index contributed by atoms with van der Waals surface area (Å²) in [5, 5.41) is 22.3. The van der Waals surface area contributed by atoms with Crippen LogP contribution in [0.5, 0.6) is 0 Å². The van der Waals surface area contributed by atoms with Crippen molar-refractivity contribution in [2.45, 2.75) is 31.4 Å². The maximum atomic E-state index is 13.0. The molecule has 194 valence electrons. The molecule has 0 aliphatic rings. The highest BCUT2D eigenvalue weighted by molar-refractivity contribution is 6.31. The van der Waals surface area contributed by atoms with Gasteiger partial charge < -0.3 is 10.8 Å². The van der Waals surface area contributed by atoms with Crippen molar-refractivity contribution in [3.8, 4) is 11.4 Å². The molecular weight excluding hydrogens is 538 g/mol. The Morgan fingerprint density at radius 1 is 1.11 bits per heavy atom. The number of aliphatic hydroxyl groups excluding tert-OH is 1. The molecule has 4 rings (SSSR count). The predicted molar refractivity (Wildman–Crippen MR) is 127 cm³/mol. The second-order valence-electron chi connectivity index (χ2n) is 7.96. The summed E-state index contributed by atoms with van der Waals surface area (Å²) in [6.45, 7) is -1.38. The van der Waals surface area contributed by atoms with E-state index in [0.29, 0.717) is 20.7 Å². The van der Waals surface area contributed by atoms with Gasteiger partial charge in [-0.3, -0.25) is 9.36 Å². The second kappa shape index (κ2) is 10.4. The van der Waals surface area contributed by atoms with Crippen LogP contribution in [0.15, 0.2) is 59.5 Å². The zero-order valence-corrected chi connectivity index (χ0v) is 20.2. The van der Waals surface area contributed by atoms with Crippen LogP contribution in [-0.2, 0) is 17.9 Å². The van der Waals surface area contributed by atoms with Gasteiger partial charge in [-0.25, -0.2) is 14.2 Å². The van der Waals surface area contributed by atoms with Crippen LogP contribution < -0.4 is 11.4 Å². The molecule has 2 heterocycles. The van der Waals surface area contributed by atoms with E-state index in [2.05, 4.69) is 15.4 Å². The van der Waals surface area contributed by atoms with E-state index in [1.807, 2.05) is 0 Å². The SMILES string of the molecule is NC(=O)C(c1ccccc1Cl)n1cc(Cn2nc(-c3ccc(Cl)cc3)n(CC(O)C(F)(F)F)c2=O)nn1. The summed E-state index contributed by atoms with van der Waals surface area (Å²) in [4.78, 5) is 25.2. The molecule has 37 heavy (non-hydrogen) atoms. The number of hydrogen-bond acceptors (Lipinski definition) is 6. The highest BCUT2D eigenvalue weighted by Gasteiger charge is 2.39. The topological polar surface area (TPSA) is 134 Å². The fourth-order valence-electron chi connectivity index (χ4n) is 3.59. The zero-order valence-electron chi connectivity index (χ0n) is 18.7. The van der Waals surface area contributed by atoms with Crippen molar-refractivity contribution in [1.82, 2.24) is 29.3 Å². The van der Waals surface area contributed by atoms with Gasteiger partial charge in [-0.2, -0.15) is 13.2 Å². The van der Waals surface area contributed by atoms with E-state index in [1.165, 1.54) is 30.5 Å². The van der Waals surface area contributed by atoms with Crippen molar-refractivity contribution in [3.63, 3.8) is 0 Å². The van der Waals surface area contributed by atoms with Crippen molar-refractivity contribution >= 4 is 29.1 Å². The monoisotopic (exact) mass is 555 g/mol. The number of rotatable bonds is 8. The van der Waals surface area contributed by atoms with Gasteiger partial charge >= 0.3 is 11.9 Å². The summed E-state index contributed by atoms with van der Waals surface area (Å²) in [5.41, 5.74) is 5.45. The number of primary amides is 1. The summed E-state index contributed by atoms with van der Waals surface area (Å²) in [6.07, 6.45) is -6.41. The van der Waals surface area contributed by atoms with Crippen molar-refractivity contribution in [3.05, 3.63) is 86.5 Å². The van der Waals surface area contributed by atoms with Crippen LogP contribution in [-0.4, -0.2) is 52.6 Å². The molecule has 4 aromatic rings. The third-order valence-corrected chi connectivity index (χ3v) is 5.96. The molecular formula is C22H18Cl2F3N7O3. The molecule has 0 aliphatic carbocycles. The highest BCUT2D eigenvalue weighted by atomic mass is 35.5. The standard InChI is InChI=1S/C22H18Cl2F3N7O3/c23-13-7-5-12(6-8-13)20-30-34(21(37)32(20)11-17(35)22(25,26)27)10-14-9-33(31-29-14)18(19(28)36)15-3-1-2-4-16(15)24/h1-9,17-18,35H,10-11H2,(H2,28,36). The molecule has 10 nitrogen and oxygen atoms in total. The summed E-state index contributed by atoms with van der Waals surface area (Å²) >= 11 is 12.1. The Kier molecular flexibility index (Phi) is 7.39. The molecule has 15 heteroatoms. The second-order valence-corrected chi connectivity index (χ2v) is 8.80. The van der Waals surface area contributed by atoms with Crippen LogP contribution in [0.1, 0.15) is 17.3 Å². The molecule has 2 atom stereocenters. The minimum Gasteiger partial charge on any atom is -0.382 e. The Bertz CT molecular complexity index is 1480. The molecule has 0 saturated carbocycles. The normalized spacial score (nSPS) is 13.5. The third-order valence-electron chi connectivity index (χ3n) is 5.36. The van der Waals surface area contributed by atoms with Gasteiger partial charge in [-0.05, 0) is 30.3 Å². The average molecular weight is 556 g/mol. The van der Waals surface area contributed by atoms with Crippen LogP contribution in [0.4, 0.5) is 13.2 Å². The molecule has 0 saturated heterocycles. The van der Waals surface area contributed by atoms with Gasteiger partial charge in [-0.15, -0.1) is 10.2 Å². The van der Waals surface area contributed by atoms with Crippen molar-refractivity contribution < 1.29 is 23.1 Å². The van der Waals surface area contributed by atoms with E-state index in [0.717, 1.165) is 9.36 Å². The molecule has 0 spiro atoms. The Labute approximate surface area is 216 Å². The lowest BCUT2D eigenvalue weighted by atomic mass is 10.1. The van der Waals surface area contributed by atoms with Crippen molar-refractivity contribution in [1.29, 1.82) is 0 Å². The van der Waals surface area contributed by atoms with E-state index in [1.54, 1.807) is 24.3 Å². The number of amides is 1. The van der Waals surface area contributed by atoms with Crippen LogP contribution in [0.2, 0.25) is 10.0 Å². The molecule has 0 fully saturated rings. The van der Waals surface area contributed by atoms with Gasteiger partial charge in [0.2, 0.25) is 5.91 Å². The van der Waals surface area contributed by atoms with E-state index in [9.17, 15) is 27.9 Å². The molecule has 2 aromatic carbocycles. The lowest BCUT2D eigenvalue weighted by Gasteiger charge is -2.15. The first-order chi connectivity index (χ1) is 17.5. The number of hydrogen-bond donors (Lipinski definition) is 2. The number of alkyl halides is 3. The van der Waals surface area contributed by atoms with Crippen LogP contribution in [0.25, 0.3) is 11.4 Å². The molecule has 2 aromatic heterocycles. The predicted octanol–water partition coefficient (Wildman–Crippen LogP) is 2.66. The van der Waals surface area contributed by atoms with E-state index in [-0.39, 0.29) is 23.1 Å². The van der Waals surface area contributed by atoms with Crippen LogP contribution in [0, 0.1) is 0 Å². The Morgan fingerprint density at radius 3 is 2.41 bits per heavy atom. The molecule has 2 unspecified atom stereocenters. The van der Waals surface area contributed by atoms with Crippen LogP contribution in [0.3, 0.4) is 0 Å². The van der Waals surface area contributed by atoms with Gasteiger partial charge in [-0.1, -0.05) is 46.6 Å². The number of halogens is 5. The van der Waals surface area contributed by atoms with Crippen molar-refractivity contribution in [2.75, 3.05) is 0 Å². The van der Waals surface area contributed by atoms with Gasteiger partial charge in [0.05, 0.1) is 19.3 Å². The van der Waals surface area contributed by atoms with Gasteiger partial charge in [0.25, 0.3) is 0 Å². The molecule has 0 bridgehead atoms. The van der Waals surface area contributed by atoms with E-state index < -0.39 is 36.5 Å². The number of carbonyl (C=O) groups is 1. The van der Waals surface area contributed by atoms with E-state index >= 15 is 0 Å². The lowest BCUT2D eigenvalue weighted by molar-refractivity contribution is -0.207. The third kappa shape index (κ3) is 5.68. The average Bonchev–Trinajstić information content (AvgIpc) is 3.40. The molecule has 3 N–H and O–H groups in total. The van der Waals surface area contributed by atoms with Gasteiger partial charge in [0.1, 0.15) is 5.69 Å². The minimum atomic E-state index is -4.95.